The zero-order valence-electron chi connectivity index (χ0n) is 11.4. The third kappa shape index (κ3) is 3.22. The van der Waals surface area contributed by atoms with Gasteiger partial charge < -0.3 is 4.74 Å². The number of alkyl halides is 1. The minimum atomic E-state index is 0.441. The second-order valence-corrected chi connectivity index (χ2v) is 6.00. The van der Waals surface area contributed by atoms with E-state index in [2.05, 4.69) is 34.1 Å². The average Bonchev–Trinajstić information content (AvgIpc) is 2.53. The van der Waals surface area contributed by atoms with Crippen molar-refractivity contribution in [1.29, 1.82) is 0 Å². The number of halogens is 2. The van der Waals surface area contributed by atoms with E-state index in [-0.39, 0.29) is 0 Å². The summed E-state index contributed by atoms with van der Waals surface area (Å²) in [5.41, 5.74) is 2.18. The molecule has 3 aromatic rings. The van der Waals surface area contributed by atoms with Crippen LogP contribution in [-0.4, -0.2) is 0 Å². The summed E-state index contributed by atoms with van der Waals surface area (Å²) in [6.07, 6.45) is 0. The summed E-state index contributed by atoms with van der Waals surface area (Å²) in [5.74, 6) is 1.29. The van der Waals surface area contributed by atoms with Gasteiger partial charge in [0.1, 0.15) is 12.4 Å². The molecule has 0 saturated carbocycles. The van der Waals surface area contributed by atoms with Gasteiger partial charge in [-0.2, -0.15) is 0 Å². The van der Waals surface area contributed by atoms with Crippen molar-refractivity contribution in [1.82, 2.24) is 0 Å². The molecule has 0 spiro atoms. The van der Waals surface area contributed by atoms with Gasteiger partial charge in [-0.3, -0.25) is 0 Å². The quantitative estimate of drug-likeness (QED) is 0.524. The van der Waals surface area contributed by atoms with Crippen molar-refractivity contribution in [2.45, 2.75) is 12.5 Å². The first-order valence-corrected chi connectivity index (χ1v) is 8.04. The lowest BCUT2D eigenvalue weighted by molar-refractivity contribution is 0.304. The van der Waals surface area contributed by atoms with Crippen LogP contribution < -0.4 is 4.74 Å². The van der Waals surface area contributed by atoms with E-state index in [0.29, 0.717) is 12.5 Å². The van der Waals surface area contributed by atoms with Gasteiger partial charge in [-0.15, -0.1) is 11.6 Å². The molecule has 106 valence electrons. The third-order valence-corrected chi connectivity index (χ3v) is 4.23. The van der Waals surface area contributed by atoms with Crippen LogP contribution in [-0.2, 0) is 12.5 Å². The fraction of sp³-hybridized carbons (Fsp3) is 0.111. The Morgan fingerprint density at radius 1 is 0.905 bits per heavy atom. The van der Waals surface area contributed by atoms with Crippen molar-refractivity contribution < 1.29 is 4.74 Å². The Labute approximate surface area is 137 Å². The van der Waals surface area contributed by atoms with Crippen LogP contribution in [0.2, 0.25) is 0 Å². The molecule has 0 fully saturated rings. The fourth-order valence-corrected chi connectivity index (χ4v) is 2.87. The highest BCUT2D eigenvalue weighted by Crippen LogP contribution is 2.30. The molecule has 0 saturated heterocycles. The molecule has 0 aliphatic carbocycles. The zero-order chi connectivity index (χ0) is 14.7. The van der Waals surface area contributed by atoms with E-state index < -0.39 is 0 Å². The van der Waals surface area contributed by atoms with Crippen LogP contribution in [0.4, 0.5) is 0 Å². The Hall–Kier alpha value is -1.51. The minimum absolute atomic E-state index is 0.441. The lowest BCUT2D eigenvalue weighted by Crippen LogP contribution is -1.98. The molecular weight excluding hydrogens is 348 g/mol. The summed E-state index contributed by atoms with van der Waals surface area (Å²) in [5, 5.41) is 2.34. The van der Waals surface area contributed by atoms with Crippen LogP contribution in [0.1, 0.15) is 11.1 Å². The third-order valence-electron chi connectivity index (χ3n) is 3.44. The van der Waals surface area contributed by atoms with Crippen LogP contribution >= 0.6 is 27.5 Å². The topological polar surface area (TPSA) is 9.23 Å². The molecule has 0 radical (unpaired) electrons. The number of benzene rings is 3. The molecule has 0 amide bonds. The second kappa shape index (κ2) is 6.50. The Morgan fingerprint density at radius 3 is 2.43 bits per heavy atom. The van der Waals surface area contributed by atoms with E-state index in [9.17, 15) is 0 Å². The average molecular weight is 362 g/mol. The van der Waals surface area contributed by atoms with Gasteiger partial charge in [0.25, 0.3) is 0 Å². The molecule has 3 aromatic carbocycles. The number of ether oxygens (including phenoxy) is 1. The number of rotatable bonds is 4. The minimum Gasteiger partial charge on any atom is -0.489 e. The SMILES string of the molecule is ClCc1c(OCc2ccc(Br)cc2)ccc2ccccc12. The fourth-order valence-electron chi connectivity index (χ4n) is 2.33. The predicted molar refractivity (Wildman–Crippen MR) is 92.0 cm³/mol. The largest absolute Gasteiger partial charge is 0.489 e. The molecule has 0 aliphatic rings. The molecular formula is C18H14BrClO. The number of hydrogen-bond donors (Lipinski definition) is 0. The van der Waals surface area contributed by atoms with E-state index in [1.54, 1.807) is 0 Å². The van der Waals surface area contributed by atoms with Gasteiger partial charge in [-0.1, -0.05) is 58.4 Å². The summed E-state index contributed by atoms with van der Waals surface area (Å²) in [6, 6.07) is 20.4. The Bertz CT molecular complexity index is 753. The predicted octanol–water partition coefficient (Wildman–Crippen LogP) is 5.92. The monoisotopic (exact) mass is 360 g/mol. The Morgan fingerprint density at radius 2 is 1.67 bits per heavy atom. The van der Waals surface area contributed by atoms with E-state index in [4.69, 9.17) is 16.3 Å². The molecule has 3 heteroatoms. The molecule has 0 aliphatic heterocycles. The van der Waals surface area contributed by atoms with Gasteiger partial charge >= 0.3 is 0 Å². The first-order valence-electron chi connectivity index (χ1n) is 6.72. The van der Waals surface area contributed by atoms with Crippen LogP contribution in [0.3, 0.4) is 0 Å². The van der Waals surface area contributed by atoms with Crippen LogP contribution in [0.15, 0.2) is 65.1 Å². The van der Waals surface area contributed by atoms with Gasteiger partial charge in [0, 0.05) is 10.0 Å². The molecule has 0 bridgehead atoms. The van der Waals surface area contributed by atoms with E-state index in [1.807, 2.05) is 42.5 Å². The molecule has 3 rings (SSSR count). The first-order chi connectivity index (χ1) is 10.3. The smallest absolute Gasteiger partial charge is 0.124 e. The molecule has 1 nitrogen and oxygen atoms in total. The van der Waals surface area contributed by atoms with Gasteiger partial charge in [-0.25, -0.2) is 0 Å². The van der Waals surface area contributed by atoms with E-state index >= 15 is 0 Å². The lowest BCUT2D eigenvalue weighted by atomic mass is 10.0. The van der Waals surface area contributed by atoms with Crippen LogP contribution in [0.25, 0.3) is 10.8 Å². The van der Waals surface area contributed by atoms with Gasteiger partial charge in [0.2, 0.25) is 0 Å². The Balaban J connectivity index is 1.88. The maximum Gasteiger partial charge on any atom is 0.124 e. The van der Waals surface area contributed by atoms with Crippen molar-refractivity contribution in [3.63, 3.8) is 0 Å². The summed E-state index contributed by atoms with van der Waals surface area (Å²) in [4.78, 5) is 0. The summed E-state index contributed by atoms with van der Waals surface area (Å²) in [6.45, 7) is 0.537. The summed E-state index contributed by atoms with van der Waals surface area (Å²) >= 11 is 9.56. The highest BCUT2D eigenvalue weighted by Gasteiger charge is 2.08. The van der Waals surface area contributed by atoms with E-state index in [0.717, 1.165) is 26.7 Å². The zero-order valence-corrected chi connectivity index (χ0v) is 13.7. The highest BCUT2D eigenvalue weighted by molar-refractivity contribution is 9.10. The molecule has 0 unspecified atom stereocenters. The van der Waals surface area contributed by atoms with Crippen molar-refractivity contribution in [2.75, 3.05) is 0 Å². The highest BCUT2D eigenvalue weighted by atomic mass is 79.9. The van der Waals surface area contributed by atoms with Crippen molar-refractivity contribution in [3.05, 3.63) is 76.3 Å². The maximum atomic E-state index is 6.13. The molecule has 0 N–H and O–H groups in total. The molecule has 21 heavy (non-hydrogen) atoms. The van der Waals surface area contributed by atoms with Crippen molar-refractivity contribution in [3.8, 4) is 5.75 Å². The van der Waals surface area contributed by atoms with Crippen LogP contribution in [0.5, 0.6) is 5.75 Å². The van der Waals surface area contributed by atoms with Crippen LogP contribution in [0, 0.1) is 0 Å². The maximum absolute atomic E-state index is 6.13. The van der Waals surface area contributed by atoms with Gasteiger partial charge in [0.05, 0.1) is 5.88 Å². The van der Waals surface area contributed by atoms with Crippen molar-refractivity contribution in [2.24, 2.45) is 0 Å². The lowest BCUT2D eigenvalue weighted by Gasteiger charge is -2.12. The summed E-state index contributed by atoms with van der Waals surface area (Å²) < 4.78 is 7.03. The number of fused-ring (bicyclic) bond motifs is 1. The first kappa shape index (κ1) is 14.4. The van der Waals surface area contributed by atoms with Gasteiger partial charge in [-0.05, 0) is 34.5 Å². The number of hydrogen-bond acceptors (Lipinski definition) is 1. The Kier molecular flexibility index (Phi) is 4.47. The molecule has 0 aromatic heterocycles. The molecule has 0 heterocycles. The van der Waals surface area contributed by atoms with Crippen molar-refractivity contribution >= 4 is 38.3 Å². The summed E-state index contributed by atoms with van der Waals surface area (Å²) in [7, 11) is 0. The second-order valence-electron chi connectivity index (χ2n) is 4.81. The standard InChI is InChI=1S/C18H14BrClO/c19-15-8-5-13(6-9-15)12-21-18-10-7-14-3-1-2-4-16(14)17(18)11-20/h1-10H,11-12H2. The normalized spacial score (nSPS) is 10.8. The molecule has 0 atom stereocenters. The van der Waals surface area contributed by atoms with E-state index in [1.165, 1.54) is 5.39 Å². The van der Waals surface area contributed by atoms with Gasteiger partial charge in [0.15, 0.2) is 0 Å².